The number of hydrogen-bond acceptors (Lipinski definition) is 3. The first-order chi connectivity index (χ1) is 5.59. The van der Waals surface area contributed by atoms with Gasteiger partial charge in [0.05, 0.1) is 13.3 Å². The van der Waals surface area contributed by atoms with Gasteiger partial charge < -0.3 is 0 Å². The lowest BCUT2D eigenvalue weighted by atomic mass is 10.3. The fourth-order valence-electron chi connectivity index (χ4n) is 1.63. The van der Waals surface area contributed by atoms with Crippen molar-refractivity contribution < 1.29 is 0 Å². The zero-order valence-electron chi connectivity index (χ0n) is 8.75. The van der Waals surface area contributed by atoms with Crippen LogP contribution in [-0.2, 0) is 0 Å². The third-order valence-electron chi connectivity index (χ3n) is 2.41. The fraction of sp³-hybridized carbons (Fsp3) is 1.00. The zero-order valence-corrected chi connectivity index (χ0v) is 8.75. The monoisotopic (exact) mass is 171 g/mol. The Morgan fingerprint density at radius 1 is 0.917 bits per heavy atom. The molecule has 0 spiro atoms. The van der Waals surface area contributed by atoms with Crippen molar-refractivity contribution in [2.24, 2.45) is 0 Å². The summed E-state index contributed by atoms with van der Waals surface area (Å²) < 4.78 is 0. The molecule has 1 saturated heterocycles. The average Bonchev–Trinajstić information content (AvgIpc) is 2.11. The van der Waals surface area contributed by atoms with Gasteiger partial charge in [-0.05, 0) is 27.9 Å². The van der Waals surface area contributed by atoms with Crippen LogP contribution in [0.15, 0.2) is 0 Å². The maximum atomic E-state index is 2.50. The summed E-state index contributed by atoms with van der Waals surface area (Å²) in [5, 5.41) is 0. The van der Waals surface area contributed by atoms with Crippen LogP contribution in [0.25, 0.3) is 0 Å². The van der Waals surface area contributed by atoms with E-state index in [-0.39, 0.29) is 0 Å². The summed E-state index contributed by atoms with van der Waals surface area (Å²) >= 11 is 0. The molecule has 0 aromatic rings. The van der Waals surface area contributed by atoms with Gasteiger partial charge in [0.2, 0.25) is 0 Å². The zero-order chi connectivity index (χ0) is 9.14. The topological polar surface area (TPSA) is 9.72 Å². The van der Waals surface area contributed by atoms with Crippen LogP contribution in [0.5, 0.6) is 0 Å². The quantitative estimate of drug-likeness (QED) is 0.568. The van der Waals surface area contributed by atoms with Gasteiger partial charge in [-0.3, -0.25) is 14.7 Å². The van der Waals surface area contributed by atoms with E-state index in [1.165, 1.54) is 13.1 Å². The van der Waals surface area contributed by atoms with Crippen LogP contribution in [0.4, 0.5) is 0 Å². The molecule has 0 saturated carbocycles. The van der Waals surface area contributed by atoms with E-state index in [0.29, 0.717) is 6.04 Å². The molecule has 1 rings (SSSR count). The third-order valence-corrected chi connectivity index (χ3v) is 2.41. The molecule has 72 valence electrons. The van der Waals surface area contributed by atoms with Crippen molar-refractivity contribution >= 4 is 0 Å². The van der Waals surface area contributed by atoms with Crippen molar-refractivity contribution in [2.45, 2.75) is 19.9 Å². The summed E-state index contributed by atoms with van der Waals surface area (Å²) in [5.41, 5.74) is 0. The second kappa shape index (κ2) is 4.21. The molecule has 3 heteroatoms. The highest BCUT2D eigenvalue weighted by Crippen LogP contribution is 2.04. The Morgan fingerprint density at radius 2 is 1.58 bits per heavy atom. The van der Waals surface area contributed by atoms with Crippen LogP contribution >= 0.6 is 0 Å². The summed E-state index contributed by atoms with van der Waals surface area (Å²) in [4.78, 5) is 7.22. The fourth-order valence-corrected chi connectivity index (χ4v) is 1.63. The predicted molar refractivity (Wildman–Crippen MR) is 52.0 cm³/mol. The van der Waals surface area contributed by atoms with Crippen molar-refractivity contribution in [1.29, 1.82) is 0 Å². The lowest BCUT2D eigenvalue weighted by Gasteiger charge is -2.27. The molecule has 0 radical (unpaired) electrons. The van der Waals surface area contributed by atoms with E-state index in [1.807, 2.05) is 0 Å². The van der Waals surface area contributed by atoms with Crippen molar-refractivity contribution in [1.82, 2.24) is 14.7 Å². The number of likely N-dealkylation sites (N-methyl/N-ethyl adjacent to an activating group) is 1. The maximum absolute atomic E-state index is 2.50. The van der Waals surface area contributed by atoms with E-state index in [0.717, 1.165) is 13.3 Å². The molecule has 0 unspecified atom stereocenters. The Bertz CT molecular complexity index is 136. The van der Waals surface area contributed by atoms with Gasteiger partial charge in [-0.15, -0.1) is 0 Å². The van der Waals surface area contributed by atoms with Crippen LogP contribution in [0.1, 0.15) is 13.8 Å². The van der Waals surface area contributed by atoms with Gasteiger partial charge in [-0.2, -0.15) is 0 Å². The molecule has 12 heavy (non-hydrogen) atoms. The van der Waals surface area contributed by atoms with E-state index in [2.05, 4.69) is 42.6 Å². The number of hydrogen-bond donors (Lipinski definition) is 0. The molecule has 1 heterocycles. The number of nitrogens with zero attached hydrogens (tertiary/aromatic N) is 3. The molecule has 1 aliphatic rings. The summed E-state index contributed by atoms with van der Waals surface area (Å²) in [6, 6.07) is 0.666. The van der Waals surface area contributed by atoms with Crippen molar-refractivity contribution in [3.05, 3.63) is 0 Å². The Hall–Kier alpha value is -0.120. The minimum absolute atomic E-state index is 0.666. The first-order valence-electron chi connectivity index (χ1n) is 4.70. The van der Waals surface area contributed by atoms with Gasteiger partial charge in [0.25, 0.3) is 0 Å². The SMILES string of the molecule is CC(C)N1CCN(C)CN(C)C1. The van der Waals surface area contributed by atoms with Gasteiger partial charge in [-0.1, -0.05) is 0 Å². The largest absolute Gasteiger partial charge is 0.292 e. The normalized spacial score (nSPS) is 24.8. The second-order valence-corrected chi connectivity index (χ2v) is 4.12. The first-order valence-corrected chi connectivity index (χ1v) is 4.70. The highest BCUT2D eigenvalue weighted by atomic mass is 15.4. The first kappa shape index (κ1) is 9.96. The van der Waals surface area contributed by atoms with Crippen molar-refractivity contribution in [2.75, 3.05) is 40.5 Å². The van der Waals surface area contributed by atoms with Crippen LogP contribution in [-0.4, -0.2) is 61.3 Å². The summed E-state index contributed by atoms with van der Waals surface area (Å²) in [6.07, 6.45) is 0. The lowest BCUT2D eigenvalue weighted by Crippen LogP contribution is -2.38. The van der Waals surface area contributed by atoms with Gasteiger partial charge >= 0.3 is 0 Å². The molecule has 0 aliphatic carbocycles. The highest BCUT2D eigenvalue weighted by molar-refractivity contribution is 4.68. The molecule has 1 aliphatic heterocycles. The van der Waals surface area contributed by atoms with Crippen LogP contribution in [0, 0.1) is 0 Å². The summed E-state index contributed by atoms with van der Waals surface area (Å²) in [6.45, 7) is 9.09. The van der Waals surface area contributed by atoms with E-state index >= 15 is 0 Å². The van der Waals surface area contributed by atoms with Gasteiger partial charge in [0.1, 0.15) is 0 Å². The Balaban J connectivity index is 2.46. The van der Waals surface area contributed by atoms with Crippen molar-refractivity contribution in [3.63, 3.8) is 0 Å². The van der Waals surface area contributed by atoms with E-state index < -0.39 is 0 Å². The van der Waals surface area contributed by atoms with E-state index in [4.69, 9.17) is 0 Å². The number of rotatable bonds is 1. The molecule has 1 fully saturated rings. The van der Waals surface area contributed by atoms with Crippen LogP contribution in [0.3, 0.4) is 0 Å². The van der Waals surface area contributed by atoms with E-state index in [9.17, 15) is 0 Å². The maximum Gasteiger partial charge on any atom is 0.0518 e. The molecule has 0 amide bonds. The smallest absolute Gasteiger partial charge is 0.0518 e. The van der Waals surface area contributed by atoms with Gasteiger partial charge in [0.15, 0.2) is 0 Å². The highest BCUT2D eigenvalue weighted by Gasteiger charge is 2.17. The Labute approximate surface area is 75.9 Å². The molecule has 3 nitrogen and oxygen atoms in total. The molecule has 0 atom stereocenters. The summed E-state index contributed by atoms with van der Waals surface area (Å²) in [7, 11) is 4.36. The van der Waals surface area contributed by atoms with Gasteiger partial charge in [-0.25, -0.2) is 0 Å². The van der Waals surface area contributed by atoms with Crippen molar-refractivity contribution in [3.8, 4) is 0 Å². The van der Waals surface area contributed by atoms with Crippen LogP contribution < -0.4 is 0 Å². The average molecular weight is 171 g/mol. The minimum Gasteiger partial charge on any atom is -0.292 e. The lowest BCUT2D eigenvalue weighted by molar-refractivity contribution is 0.138. The van der Waals surface area contributed by atoms with E-state index in [1.54, 1.807) is 0 Å². The van der Waals surface area contributed by atoms with Gasteiger partial charge in [0, 0.05) is 19.1 Å². The molecular formula is C9H21N3. The van der Waals surface area contributed by atoms with Crippen LogP contribution in [0.2, 0.25) is 0 Å². The molecule has 0 aromatic carbocycles. The predicted octanol–water partition coefficient (Wildman–Crippen LogP) is 0.489. The standard InChI is InChI=1S/C9H21N3/c1-9(2)12-6-5-10(3)7-11(4)8-12/h9H,5-8H2,1-4H3. The second-order valence-electron chi connectivity index (χ2n) is 4.12. The third kappa shape index (κ3) is 2.73. The molecule has 0 aromatic heterocycles. The minimum atomic E-state index is 0.666. The molecular weight excluding hydrogens is 150 g/mol. The Morgan fingerprint density at radius 3 is 2.17 bits per heavy atom. The molecule has 0 bridgehead atoms. The Kier molecular flexibility index (Phi) is 3.50. The molecule has 0 N–H and O–H groups in total. The summed E-state index contributed by atoms with van der Waals surface area (Å²) in [5.74, 6) is 0.